The fraction of sp³-hybridized carbons (Fsp3) is 0.438. The third-order valence-corrected chi connectivity index (χ3v) is 3.49. The molecule has 0 bridgehead atoms. The van der Waals surface area contributed by atoms with Crippen LogP contribution in [0.25, 0.3) is 0 Å². The molecule has 0 aliphatic carbocycles. The normalized spacial score (nSPS) is 18.0. The van der Waals surface area contributed by atoms with Crippen molar-refractivity contribution in [3.8, 4) is 17.6 Å². The second-order valence-electron chi connectivity index (χ2n) is 5.10. The van der Waals surface area contributed by atoms with Gasteiger partial charge < -0.3 is 20.1 Å². The van der Waals surface area contributed by atoms with Crippen LogP contribution in [0.3, 0.4) is 0 Å². The molecule has 0 radical (unpaired) electrons. The van der Waals surface area contributed by atoms with E-state index in [1.165, 1.54) is 0 Å². The number of nitrogens with one attached hydrogen (secondary N) is 1. The Bertz CT molecular complexity index is 575. The number of methoxy groups -OCH3 is 1. The van der Waals surface area contributed by atoms with Crippen molar-refractivity contribution in [1.29, 1.82) is 0 Å². The van der Waals surface area contributed by atoms with Gasteiger partial charge in [-0.2, -0.15) is 0 Å². The number of nitrogens with zero attached hydrogens (tertiary/aromatic N) is 1. The minimum Gasteiger partial charge on any atom is -0.495 e. The Morgan fingerprint density at radius 2 is 2.38 bits per heavy atom. The second-order valence-corrected chi connectivity index (χ2v) is 5.10. The van der Waals surface area contributed by atoms with Crippen molar-refractivity contribution in [3.63, 3.8) is 0 Å². The van der Waals surface area contributed by atoms with Crippen LogP contribution >= 0.6 is 0 Å². The number of ether oxygens (including phenoxy) is 1. The fourth-order valence-corrected chi connectivity index (χ4v) is 2.40. The zero-order chi connectivity index (χ0) is 15.2. The number of hydrogen-bond acceptors (Lipinski definition) is 4. The van der Waals surface area contributed by atoms with E-state index in [1.54, 1.807) is 25.3 Å². The molecule has 2 N–H and O–H groups in total. The van der Waals surface area contributed by atoms with Gasteiger partial charge in [-0.15, -0.1) is 0 Å². The molecule has 1 aliphatic rings. The summed E-state index contributed by atoms with van der Waals surface area (Å²) in [5.74, 6) is 5.85. The van der Waals surface area contributed by atoms with Crippen molar-refractivity contribution in [2.75, 3.05) is 33.9 Å². The predicted octanol–water partition coefficient (Wildman–Crippen LogP) is 0.473. The van der Waals surface area contributed by atoms with Crippen molar-refractivity contribution in [3.05, 3.63) is 29.3 Å². The second kappa shape index (κ2) is 7.11. The van der Waals surface area contributed by atoms with Crippen LogP contribution in [0.2, 0.25) is 0 Å². The number of carbonyl (C=O) groups excluding carboxylic acids is 1. The maximum atomic E-state index is 12.3. The van der Waals surface area contributed by atoms with Crippen molar-refractivity contribution < 1.29 is 14.6 Å². The molecule has 1 saturated heterocycles. The van der Waals surface area contributed by atoms with Crippen LogP contribution in [0.1, 0.15) is 22.3 Å². The molecule has 2 rings (SSSR count). The van der Waals surface area contributed by atoms with Gasteiger partial charge in [-0.05, 0) is 38.2 Å². The van der Waals surface area contributed by atoms with Gasteiger partial charge in [0.15, 0.2) is 0 Å². The average Bonchev–Trinajstić information content (AvgIpc) is 2.89. The summed E-state index contributed by atoms with van der Waals surface area (Å²) in [5, 5.41) is 11.8. The van der Waals surface area contributed by atoms with Crippen molar-refractivity contribution in [2.45, 2.75) is 12.5 Å². The number of amides is 1. The highest BCUT2D eigenvalue weighted by molar-refractivity contribution is 5.95. The summed E-state index contributed by atoms with van der Waals surface area (Å²) in [6, 6.07) is 5.32. The molecule has 112 valence electrons. The molecule has 1 aliphatic heterocycles. The SMILES string of the molecule is COc1ccc(C(=O)NC2CCN(C)C2)cc1C#CCO. The van der Waals surface area contributed by atoms with Gasteiger partial charge in [0.25, 0.3) is 5.91 Å². The van der Waals surface area contributed by atoms with Gasteiger partial charge >= 0.3 is 0 Å². The van der Waals surface area contributed by atoms with Crippen LogP contribution in [0, 0.1) is 11.8 Å². The lowest BCUT2D eigenvalue weighted by Crippen LogP contribution is -2.36. The molecule has 0 spiro atoms. The number of likely N-dealkylation sites (N-methyl/N-ethyl adjacent to an activating group) is 1. The van der Waals surface area contributed by atoms with E-state index in [0.717, 1.165) is 19.5 Å². The van der Waals surface area contributed by atoms with E-state index in [2.05, 4.69) is 22.1 Å². The van der Waals surface area contributed by atoms with E-state index >= 15 is 0 Å². The van der Waals surface area contributed by atoms with E-state index < -0.39 is 0 Å². The molecular formula is C16H20N2O3. The summed E-state index contributed by atoms with van der Waals surface area (Å²) in [6.45, 7) is 1.65. The number of carbonyl (C=O) groups is 1. The Morgan fingerprint density at radius 3 is 3.00 bits per heavy atom. The quantitative estimate of drug-likeness (QED) is 0.794. The lowest BCUT2D eigenvalue weighted by atomic mass is 10.1. The topological polar surface area (TPSA) is 61.8 Å². The van der Waals surface area contributed by atoms with E-state index in [4.69, 9.17) is 9.84 Å². The highest BCUT2D eigenvalue weighted by Crippen LogP contribution is 2.19. The molecule has 5 nitrogen and oxygen atoms in total. The molecule has 1 atom stereocenters. The lowest BCUT2D eigenvalue weighted by Gasteiger charge is -2.13. The first kappa shape index (κ1) is 15.4. The van der Waals surface area contributed by atoms with Crippen molar-refractivity contribution in [1.82, 2.24) is 10.2 Å². The van der Waals surface area contributed by atoms with Gasteiger partial charge in [0.2, 0.25) is 0 Å². The highest BCUT2D eigenvalue weighted by atomic mass is 16.5. The van der Waals surface area contributed by atoms with Crippen molar-refractivity contribution >= 4 is 5.91 Å². The van der Waals surface area contributed by atoms with Gasteiger partial charge in [-0.3, -0.25) is 4.79 Å². The Balaban J connectivity index is 2.13. The lowest BCUT2D eigenvalue weighted by molar-refractivity contribution is 0.0938. The summed E-state index contributed by atoms with van der Waals surface area (Å²) in [6.07, 6.45) is 0.968. The van der Waals surface area contributed by atoms with Crippen LogP contribution in [0.4, 0.5) is 0 Å². The van der Waals surface area contributed by atoms with Crippen LogP contribution in [-0.2, 0) is 0 Å². The minimum atomic E-state index is -0.228. The summed E-state index contributed by atoms with van der Waals surface area (Å²) >= 11 is 0. The summed E-state index contributed by atoms with van der Waals surface area (Å²) in [4.78, 5) is 14.5. The van der Waals surface area contributed by atoms with Crippen LogP contribution in [0.15, 0.2) is 18.2 Å². The molecule has 0 aromatic heterocycles. The Labute approximate surface area is 124 Å². The van der Waals surface area contributed by atoms with E-state index in [1.807, 2.05) is 7.05 Å². The monoisotopic (exact) mass is 288 g/mol. The number of benzene rings is 1. The molecule has 1 aromatic carbocycles. The molecule has 1 heterocycles. The van der Waals surface area contributed by atoms with E-state index in [0.29, 0.717) is 16.9 Å². The third-order valence-electron chi connectivity index (χ3n) is 3.49. The zero-order valence-corrected chi connectivity index (χ0v) is 12.3. The Morgan fingerprint density at radius 1 is 1.57 bits per heavy atom. The highest BCUT2D eigenvalue weighted by Gasteiger charge is 2.21. The van der Waals surface area contributed by atoms with E-state index in [9.17, 15) is 4.79 Å². The third kappa shape index (κ3) is 3.97. The average molecular weight is 288 g/mol. The zero-order valence-electron chi connectivity index (χ0n) is 12.3. The van der Waals surface area contributed by atoms with Gasteiger partial charge in [0, 0.05) is 18.2 Å². The van der Waals surface area contributed by atoms with E-state index in [-0.39, 0.29) is 18.6 Å². The Kier molecular flexibility index (Phi) is 5.20. The first-order valence-electron chi connectivity index (χ1n) is 6.91. The number of aliphatic hydroxyl groups excluding tert-OH is 1. The smallest absolute Gasteiger partial charge is 0.251 e. The fourth-order valence-electron chi connectivity index (χ4n) is 2.40. The molecule has 1 fully saturated rings. The molecule has 1 unspecified atom stereocenters. The van der Waals surface area contributed by atoms with Crippen LogP contribution in [0.5, 0.6) is 5.75 Å². The molecular weight excluding hydrogens is 268 g/mol. The van der Waals surface area contributed by atoms with Gasteiger partial charge in [-0.1, -0.05) is 11.8 Å². The minimum absolute atomic E-state index is 0.106. The molecule has 5 heteroatoms. The summed E-state index contributed by atoms with van der Waals surface area (Å²) in [7, 11) is 3.59. The summed E-state index contributed by atoms with van der Waals surface area (Å²) in [5.41, 5.74) is 1.15. The maximum absolute atomic E-state index is 12.3. The van der Waals surface area contributed by atoms with Gasteiger partial charge in [-0.25, -0.2) is 0 Å². The number of hydrogen-bond donors (Lipinski definition) is 2. The van der Waals surface area contributed by atoms with Gasteiger partial charge in [0.1, 0.15) is 12.4 Å². The number of rotatable bonds is 3. The van der Waals surface area contributed by atoms with Crippen LogP contribution in [-0.4, -0.2) is 55.8 Å². The Hall–Kier alpha value is -2.03. The summed E-state index contributed by atoms with van der Waals surface area (Å²) < 4.78 is 5.20. The first-order valence-corrected chi connectivity index (χ1v) is 6.91. The van der Waals surface area contributed by atoms with Crippen molar-refractivity contribution in [2.24, 2.45) is 0 Å². The largest absolute Gasteiger partial charge is 0.495 e. The maximum Gasteiger partial charge on any atom is 0.251 e. The number of likely N-dealkylation sites (tertiary alicyclic amines) is 1. The molecule has 1 amide bonds. The first-order chi connectivity index (χ1) is 10.1. The molecule has 1 aromatic rings. The number of aliphatic hydroxyl groups is 1. The van der Waals surface area contributed by atoms with Crippen LogP contribution < -0.4 is 10.1 Å². The molecule has 0 saturated carbocycles. The predicted molar refractivity (Wildman–Crippen MR) is 80.3 cm³/mol. The standard InChI is InChI=1S/C16H20N2O3/c1-18-8-7-14(11-18)17-16(20)13-5-6-15(21-2)12(10-13)4-3-9-19/h5-6,10,14,19H,7-9,11H2,1-2H3,(H,17,20). The van der Waals surface area contributed by atoms with Gasteiger partial charge in [0.05, 0.1) is 12.7 Å². The molecule has 21 heavy (non-hydrogen) atoms.